The number of carbonyl (C=O) groups excluding carboxylic acids is 1. The summed E-state index contributed by atoms with van der Waals surface area (Å²) in [4.78, 5) is 40.7. The third kappa shape index (κ3) is 3.89. The lowest BCUT2D eigenvalue weighted by molar-refractivity contribution is 0.0949. The number of halogens is 2. The predicted octanol–water partition coefficient (Wildman–Crippen LogP) is 1.91. The van der Waals surface area contributed by atoms with E-state index >= 15 is 0 Å². The Morgan fingerprint density at radius 3 is 2.41 bits per heavy atom. The van der Waals surface area contributed by atoms with Gasteiger partial charge >= 0.3 is 5.69 Å². The normalized spacial score (nSPS) is 11.0. The number of pyridine rings is 1. The van der Waals surface area contributed by atoms with Gasteiger partial charge in [-0.05, 0) is 42.3 Å². The number of hydrogen-bond acceptors (Lipinski definition) is 4. The first-order chi connectivity index (χ1) is 12.8. The van der Waals surface area contributed by atoms with Crippen molar-refractivity contribution in [2.75, 3.05) is 6.54 Å². The van der Waals surface area contributed by atoms with Gasteiger partial charge in [-0.15, -0.1) is 0 Å². The van der Waals surface area contributed by atoms with Crippen LogP contribution in [0.4, 0.5) is 0 Å². The van der Waals surface area contributed by atoms with Crippen LogP contribution < -0.4 is 16.6 Å². The van der Waals surface area contributed by atoms with E-state index in [4.69, 9.17) is 23.2 Å². The first-order valence-corrected chi connectivity index (χ1v) is 8.83. The lowest BCUT2D eigenvalue weighted by Crippen LogP contribution is -2.37. The van der Waals surface area contributed by atoms with Crippen molar-refractivity contribution in [2.45, 2.75) is 6.42 Å². The summed E-state index contributed by atoms with van der Waals surface area (Å²) in [5, 5.41) is 4.08. The van der Waals surface area contributed by atoms with Gasteiger partial charge in [-0.25, -0.2) is 9.78 Å². The molecule has 0 aliphatic heterocycles. The Morgan fingerprint density at radius 1 is 1.07 bits per heavy atom. The summed E-state index contributed by atoms with van der Waals surface area (Å²) in [5.74, 6) is -0.404. The van der Waals surface area contributed by atoms with E-state index in [1.807, 2.05) is 0 Å². The number of fused-ring (bicyclic) bond motifs is 1. The second kappa shape index (κ2) is 7.54. The third-order valence-corrected chi connectivity index (χ3v) is 4.59. The standard InChI is InChI=1S/C18H16Cl2N4O3/c1-23-15-13(17(26)24(2)18(23)27)3-4-14(22-15)16(25)21-6-5-10-7-11(19)9-12(20)8-10/h3-4,7-9H,5-6H2,1-2H3,(H,21,25). The Labute approximate surface area is 164 Å². The average Bonchev–Trinajstić information content (AvgIpc) is 2.63. The SMILES string of the molecule is Cn1c(=O)c2ccc(C(=O)NCCc3cc(Cl)cc(Cl)c3)nc2n(C)c1=O. The Bertz CT molecular complexity index is 1150. The highest BCUT2D eigenvalue weighted by Gasteiger charge is 2.13. The Morgan fingerprint density at radius 2 is 1.74 bits per heavy atom. The molecule has 0 aliphatic rings. The van der Waals surface area contributed by atoms with Crippen molar-refractivity contribution in [3.63, 3.8) is 0 Å². The molecule has 0 unspecified atom stereocenters. The summed E-state index contributed by atoms with van der Waals surface area (Å²) in [6, 6.07) is 8.15. The molecule has 0 fully saturated rings. The number of aromatic nitrogens is 3. The molecule has 9 heteroatoms. The van der Waals surface area contributed by atoms with Gasteiger partial charge in [0.05, 0.1) is 5.39 Å². The van der Waals surface area contributed by atoms with Gasteiger partial charge in [0.25, 0.3) is 11.5 Å². The van der Waals surface area contributed by atoms with E-state index < -0.39 is 17.2 Å². The summed E-state index contributed by atoms with van der Waals surface area (Å²) in [6.45, 7) is 0.352. The van der Waals surface area contributed by atoms with E-state index in [2.05, 4.69) is 10.3 Å². The summed E-state index contributed by atoms with van der Waals surface area (Å²) in [5.41, 5.74) is 0.221. The first kappa shape index (κ1) is 19.1. The second-order valence-electron chi connectivity index (χ2n) is 6.06. The molecule has 0 spiro atoms. The number of amides is 1. The minimum Gasteiger partial charge on any atom is -0.350 e. The molecule has 140 valence electrons. The Balaban J connectivity index is 1.80. The van der Waals surface area contributed by atoms with Crippen LogP contribution in [0.3, 0.4) is 0 Å². The van der Waals surface area contributed by atoms with E-state index in [0.29, 0.717) is 23.0 Å². The Hall–Kier alpha value is -2.64. The number of aryl methyl sites for hydroxylation is 1. The molecular formula is C18H16Cl2N4O3. The number of nitrogens with zero attached hydrogens (tertiary/aromatic N) is 3. The highest BCUT2D eigenvalue weighted by atomic mass is 35.5. The van der Waals surface area contributed by atoms with Gasteiger partial charge < -0.3 is 5.32 Å². The fourth-order valence-electron chi connectivity index (χ4n) is 2.75. The average molecular weight is 407 g/mol. The van der Waals surface area contributed by atoms with Crippen molar-refractivity contribution in [3.05, 3.63) is 72.5 Å². The number of benzene rings is 1. The van der Waals surface area contributed by atoms with Crippen molar-refractivity contribution >= 4 is 40.1 Å². The zero-order valence-corrected chi connectivity index (χ0v) is 16.1. The molecule has 3 aromatic rings. The van der Waals surface area contributed by atoms with E-state index in [-0.39, 0.29) is 16.7 Å². The van der Waals surface area contributed by atoms with Gasteiger partial charge in [0, 0.05) is 30.7 Å². The lowest BCUT2D eigenvalue weighted by Gasteiger charge is -2.09. The van der Waals surface area contributed by atoms with Crippen molar-refractivity contribution in [1.29, 1.82) is 0 Å². The summed E-state index contributed by atoms with van der Waals surface area (Å²) in [7, 11) is 2.90. The van der Waals surface area contributed by atoms with Gasteiger partial charge in [0.1, 0.15) is 11.3 Å². The zero-order chi connectivity index (χ0) is 19.7. The van der Waals surface area contributed by atoms with Gasteiger partial charge in [-0.3, -0.25) is 18.7 Å². The molecule has 1 amide bonds. The van der Waals surface area contributed by atoms with Crippen molar-refractivity contribution in [2.24, 2.45) is 14.1 Å². The Kier molecular flexibility index (Phi) is 5.34. The lowest BCUT2D eigenvalue weighted by atomic mass is 10.1. The fraction of sp³-hybridized carbons (Fsp3) is 0.222. The minimum atomic E-state index is -0.504. The molecule has 27 heavy (non-hydrogen) atoms. The number of rotatable bonds is 4. The van der Waals surface area contributed by atoms with Crippen LogP contribution in [0.15, 0.2) is 39.9 Å². The van der Waals surface area contributed by atoms with Crippen LogP contribution in [-0.2, 0) is 20.5 Å². The summed E-state index contributed by atoms with van der Waals surface area (Å²) < 4.78 is 2.24. The number of hydrogen-bond donors (Lipinski definition) is 1. The van der Waals surface area contributed by atoms with E-state index in [9.17, 15) is 14.4 Å². The van der Waals surface area contributed by atoms with Crippen LogP contribution in [0.5, 0.6) is 0 Å². The van der Waals surface area contributed by atoms with E-state index in [1.54, 1.807) is 18.2 Å². The predicted molar refractivity (Wildman–Crippen MR) is 105 cm³/mol. The minimum absolute atomic E-state index is 0.120. The zero-order valence-electron chi connectivity index (χ0n) is 14.6. The molecule has 7 nitrogen and oxygen atoms in total. The molecule has 2 heterocycles. The van der Waals surface area contributed by atoms with Crippen molar-refractivity contribution in [1.82, 2.24) is 19.4 Å². The molecule has 1 aromatic carbocycles. The molecule has 0 saturated carbocycles. The maximum atomic E-state index is 12.4. The molecule has 2 aromatic heterocycles. The monoisotopic (exact) mass is 406 g/mol. The highest BCUT2D eigenvalue weighted by molar-refractivity contribution is 6.34. The third-order valence-electron chi connectivity index (χ3n) is 4.16. The maximum absolute atomic E-state index is 12.4. The van der Waals surface area contributed by atoms with Gasteiger partial charge in [-0.1, -0.05) is 23.2 Å². The molecule has 3 rings (SSSR count). The first-order valence-electron chi connectivity index (χ1n) is 8.08. The van der Waals surface area contributed by atoms with Crippen molar-refractivity contribution in [3.8, 4) is 0 Å². The molecule has 0 bridgehead atoms. The summed E-state index contributed by atoms with van der Waals surface area (Å²) >= 11 is 11.9. The van der Waals surface area contributed by atoms with Crippen molar-refractivity contribution < 1.29 is 4.79 Å². The largest absolute Gasteiger partial charge is 0.350 e. The molecule has 0 aliphatic carbocycles. The van der Waals surface area contributed by atoms with Crippen LogP contribution in [0.25, 0.3) is 11.0 Å². The second-order valence-corrected chi connectivity index (χ2v) is 6.93. The van der Waals surface area contributed by atoms with Gasteiger partial charge in [0.15, 0.2) is 0 Å². The van der Waals surface area contributed by atoms with Crippen LogP contribution in [0.1, 0.15) is 16.1 Å². The number of nitrogens with one attached hydrogen (secondary N) is 1. The van der Waals surface area contributed by atoms with Crippen LogP contribution >= 0.6 is 23.2 Å². The molecule has 1 N–H and O–H groups in total. The van der Waals surface area contributed by atoms with Gasteiger partial charge in [-0.2, -0.15) is 0 Å². The maximum Gasteiger partial charge on any atom is 0.332 e. The number of carbonyl (C=O) groups is 1. The van der Waals surface area contributed by atoms with E-state index in [0.717, 1.165) is 10.1 Å². The quantitative estimate of drug-likeness (QED) is 0.716. The van der Waals surface area contributed by atoms with Crippen LogP contribution in [0.2, 0.25) is 10.0 Å². The smallest absolute Gasteiger partial charge is 0.332 e. The molecular weight excluding hydrogens is 391 g/mol. The van der Waals surface area contributed by atoms with Crippen LogP contribution in [0, 0.1) is 0 Å². The molecule has 0 atom stereocenters. The molecule has 0 radical (unpaired) electrons. The molecule has 0 saturated heterocycles. The van der Waals surface area contributed by atoms with Crippen LogP contribution in [-0.4, -0.2) is 26.6 Å². The van der Waals surface area contributed by atoms with Gasteiger partial charge in [0.2, 0.25) is 0 Å². The summed E-state index contributed by atoms with van der Waals surface area (Å²) in [6.07, 6.45) is 0.540. The topological polar surface area (TPSA) is 86.0 Å². The van der Waals surface area contributed by atoms with E-state index in [1.165, 1.54) is 30.8 Å². The fourth-order valence-corrected chi connectivity index (χ4v) is 3.32. The highest BCUT2D eigenvalue weighted by Crippen LogP contribution is 2.19.